The molecule has 0 radical (unpaired) electrons. The number of hydrogen-bond acceptors (Lipinski definition) is 5. The Morgan fingerprint density at radius 1 is 1.03 bits per heavy atom. The van der Waals surface area contributed by atoms with Gasteiger partial charge in [0, 0.05) is 16.3 Å². The van der Waals surface area contributed by atoms with Crippen LogP contribution in [-0.2, 0) is 4.79 Å². The highest BCUT2D eigenvalue weighted by Gasteiger charge is 2.17. The standard InChI is InChI=1S/C22H24ClN3O2S/c1-13(2)17-6-5-7-18(14(3)4)20(17)24-19(27)12-29-22-26-25-21(28-22)15-8-10-16(23)11-9-15/h5-11,13-14H,12H2,1-4H3,(H,24,27). The van der Waals surface area contributed by atoms with Crippen molar-refractivity contribution in [2.24, 2.45) is 0 Å². The number of carbonyl (C=O) groups is 1. The first kappa shape index (κ1) is 21.4. The molecule has 5 nitrogen and oxygen atoms in total. The average Bonchev–Trinajstić information content (AvgIpc) is 3.15. The Labute approximate surface area is 180 Å². The summed E-state index contributed by atoms with van der Waals surface area (Å²) in [6.07, 6.45) is 0. The van der Waals surface area contributed by atoms with E-state index in [1.807, 2.05) is 18.2 Å². The summed E-state index contributed by atoms with van der Waals surface area (Å²) in [6, 6.07) is 13.3. The Bertz CT molecular complexity index is 958. The molecule has 0 fully saturated rings. The Morgan fingerprint density at radius 2 is 1.66 bits per heavy atom. The molecular weight excluding hydrogens is 406 g/mol. The molecule has 0 aliphatic heterocycles. The molecule has 0 spiro atoms. The third kappa shape index (κ3) is 5.40. The first-order valence-electron chi connectivity index (χ1n) is 9.50. The van der Waals surface area contributed by atoms with Crippen molar-refractivity contribution in [2.45, 2.75) is 44.8 Å². The molecule has 152 valence electrons. The molecule has 0 unspecified atom stereocenters. The highest BCUT2D eigenvalue weighted by Crippen LogP contribution is 2.32. The number of thioether (sulfide) groups is 1. The van der Waals surface area contributed by atoms with Crippen LogP contribution in [0.15, 0.2) is 52.1 Å². The van der Waals surface area contributed by atoms with Crippen LogP contribution in [0.1, 0.15) is 50.7 Å². The van der Waals surface area contributed by atoms with Gasteiger partial charge < -0.3 is 9.73 Å². The lowest BCUT2D eigenvalue weighted by Gasteiger charge is -2.20. The Hall–Kier alpha value is -2.31. The minimum atomic E-state index is -0.101. The third-order valence-corrected chi connectivity index (χ3v) is 5.53. The van der Waals surface area contributed by atoms with E-state index >= 15 is 0 Å². The normalized spacial score (nSPS) is 11.3. The van der Waals surface area contributed by atoms with Crippen LogP contribution < -0.4 is 5.32 Å². The van der Waals surface area contributed by atoms with Crippen molar-refractivity contribution in [3.63, 3.8) is 0 Å². The fourth-order valence-corrected chi connectivity index (χ4v) is 3.66. The molecule has 0 atom stereocenters. The van der Waals surface area contributed by atoms with E-state index in [1.54, 1.807) is 12.1 Å². The molecule has 7 heteroatoms. The number of nitrogens with one attached hydrogen (secondary N) is 1. The van der Waals surface area contributed by atoms with Crippen molar-refractivity contribution in [3.05, 3.63) is 58.6 Å². The van der Waals surface area contributed by atoms with E-state index in [4.69, 9.17) is 16.0 Å². The number of hydrogen-bond donors (Lipinski definition) is 1. The molecule has 1 heterocycles. The first-order valence-corrected chi connectivity index (χ1v) is 10.9. The van der Waals surface area contributed by atoms with Gasteiger partial charge in [0.25, 0.3) is 5.22 Å². The van der Waals surface area contributed by atoms with Crippen molar-refractivity contribution < 1.29 is 9.21 Å². The van der Waals surface area contributed by atoms with Crippen LogP contribution in [0.25, 0.3) is 11.5 Å². The lowest BCUT2D eigenvalue weighted by molar-refractivity contribution is -0.113. The van der Waals surface area contributed by atoms with Crippen LogP contribution in [0, 0.1) is 0 Å². The number of rotatable bonds is 7. The van der Waals surface area contributed by atoms with Gasteiger partial charge in [0.2, 0.25) is 11.8 Å². The summed E-state index contributed by atoms with van der Waals surface area (Å²) in [5.74, 6) is 1.11. The molecule has 0 saturated heterocycles. The molecule has 0 aliphatic carbocycles. The Morgan fingerprint density at radius 3 is 2.24 bits per heavy atom. The molecule has 29 heavy (non-hydrogen) atoms. The second-order valence-corrected chi connectivity index (χ2v) is 8.70. The van der Waals surface area contributed by atoms with Crippen molar-refractivity contribution in [1.82, 2.24) is 10.2 Å². The van der Waals surface area contributed by atoms with Crippen molar-refractivity contribution in [1.29, 1.82) is 0 Å². The maximum absolute atomic E-state index is 12.6. The molecule has 0 aliphatic rings. The van der Waals surface area contributed by atoms with Crippen LogP contribution in [0.2, 0.25) is 5.02 Å². The van der Waals surface area contributed by atoms with E-state index < -0.39 is 0 Å². The minimum Gasteiger partial charge on any atom is -0.411 e. The monoisotopic (exact) mass is 429 g/mol. The van der Waals surface area contributed by atoms with Gasteiger partial charge in [0.1, 0.15) is 0 Å². The fourth-order valence-electron chi connectivity index (χ4n) is 2.98. The molecule has 0 saturated carbocycles. The third-order valence-electron chi connectivity index (χ3n) is 4.46. The molecule has 1 aromatic heterocycles. The lowest BCUT2D eigenvalue weighted by atomic mass is 9.92. The predicted molar refractivity (Wildman–Crippen MR) is 119 cm³/mol. The summed E-state index contributed by atoms with van der Waals surface area (Å²) >= 11 is 7.12. The number of carbonyl (C=O) groups excluding carboxylic acids is 1. The quantitative estimate of drug-likeness (QED) is 0.442. The first-order chi connectivity index (χ1) is 13.8. The molecule has 3 rings (SSSR count). The van der Waals surface area contributed by atoms with E-state index in [-0.39, 0.29) is 11.7 Å². The van der Waals surface area contributed by atoms with Gasteiger partial charge in [-0.05, 0) is 47.2 Å². The number of nitrogens with zero attached hydrogens (tertiary/aromatic N) is 2. The van der Waals surface area contributed by atoms with Crippen molar-refractivity contribution in [3.8, 4) is 11.5 Å². The summed E-state index contributed by atoms with van der Waals surface area (Å²) in [4.78, 5) is 12.6. The van der Waals surface area contributed by atoms with Gasteiger partial charge in [-0.15, -0.1) is 10.2 Å². The predicted octanol–water partition coefficient (Wildman–Crippen LogP) is 6.37. The van der Waals surface area contributed by atoms with E-state index in [2.05, 4.69) is 55.3 Å². The van der Waals surface area contributed by atoms with Crippen LogP contribution in [0.3, 0.4) is 0 Å². The van der Waals surface area contributed by atoms with Crippen molar-refractivity contribution in [2.75, 3.05) is 11.1 Å². The van der Waals surface area contributed by atoms with Gasteiger partial charge in [-0.1, -0.05) is 69.3 Å². The zero-order valence-electron chi connectivity index (χ0n) is 16.9. The van der Waals surface area contributed by atoms with E-state index in [1.165, 1.54) is 11.8 Å². The number of amides is 1. The largest absolute Gasteiger partial charge is 0.411 e. The van der Waals surface area contributed by atoms with E-state index in [0.29, 0.717) is 28.0 Å². The zero-order chi connectivity index (χ0) is 21.0. The van der Waals surface area contributed by atoms with E-state index in [9.17, 15) is 4.79 Å². The number of benzene rings is 2. The van der Waals surface area contributed by atoms with E-state index in [0.717, 1.165) is 22.4 Å². The highest BCUT2D eigenvalue weighted by molar-refractivity contribution is 7.99. The maximum atomic E-state index is 12.6. The second-order valence-electron chi connectivity index (χ2n) is 7.34. The Kier molecular flexibility index (Phi) is 6.98. The number of halogens is 1. The lowest BCUT2D eigenvalue weighted by Crippen LogP contribution is -2.17. The summed E-state index contributed by atoms with van der Waals surface area (Å²) < 4.78 is 5.65. The van der Waals surface area contributed by atoms with Crippen LogP contribution in [-0.4, -0.2) is 21.9 Å². The van der Waals surface area contributed by atoms with Gasteiger partial charge in [-0.2, -0.15) is 0 Å². The summed E-state index contributed by atoms with van der Waals surface area (Å²) in [5.41, 5.74) is 3.97. The van der Waals surface area contributed by atoms with Crippen LogP contribution in [0.4, 0.5) is 5.69 Å². The van der Waals surface area contributed by atoms with Gasteiger partial charge >= 0.3 is 0 Å². The Balaban J connectivity index is 1.67. The fraction of sp³-hybridized carbons (Fsp3) is 0.318. The maximum Gasteiger partial charge on any atom is 0.277 e. The second kappa shape index (κ2) is 9.46. The highest BCUT2D eigenvalue weighted by atomic mass is 35.5. The average molecular weight is 430 g/mol. The molecule has 2 aromatic carbocycles. The number of para-hydroxylation sites is 1. The SMILES string of the molecule is CC(C)c1cccc(C(C)C)c1NC(=O)CSc1nnc(-c2ccc(Cl)cc2)o1. The van der Waals surface area contributed by atoms with Crippen LogP contribution >= 0.6 is 23.4 Å². The molecule has 1 amide bonds. The van der Waals surface area contributed by atoms with Gasteiger partial charge in [0.15, 0.2) is 0 Å². The number of anilines is 1. The van der Waals surface area contributed by atoms with Gasteiger partial charge in [-0.3, -0.25) is 4.79 Å². The molecule has 1 N–H and O–H groups in total. The van der Waals surface area contributed by atoms with Crippen molar-refractivity contribution >= 4 is 35.0 Å². The van der Waals surface area contributed by atoms with Crippen LogP contribution in [0.5, 0.6) is 0 Å². The molecular formula is C22H24ClN3O2S. The van der Waals surface area contributed by atoms with Gasteiger partial charge in [-0.25, -0.2) is 0 Å². The summed E-state index contributed by atoms with van der Waals surface area (Å²) in [5, 5.41) is 12.1. The summed E-state index contributed by atoms with van der Waals surface area (Å²) in [6.45, 7) is 8.50. The van der Waals surface area contributed by atoms with Gasteiger partial charge in [0.05, 0.1) is 5.75 Å². The smallest absolute Gasteiger partial charge is 0.277 e. The molecule has 0 bridgehead atoms. The zero-order valence-corrected chi connectivity index (χ0v) is 18.5. The minimum absolute atomic E-state index is 0.101. The molecule has 3 aromatic rings. The summed E-state index contributed by atoms with van der Waals surface area (Å²) in [7, 11) is 0. The number of aromatic nitrogens is 2. The topological polar surface area (TPSA) is 68.0 Å².